The van der Waals surface area contributed by atoms with Crippen molar-refractivity contribution in [1.82, 2.24) is 20.9 Å². The number of nitrogens with two attached hydrogens (primary N) is 1. The largest absolute Gasteiger partial charge is 0.467 e. The molecule has 0 saturated carbocycles. The summed E-state index contributed by atoms with van der Waals surface area (Å²) in [4.78, 5) is 69.9. The Labute approximate surface area is 308 Å². The highest BCUT2D eigenvalue weighted by Crippen LogP contribution is 2.34. The molecule has 2 heterocycles. The molecule has 0 aromatic heterocycles. The Morgan fingerprint density at radius 1 is 1.00 bits per heavy atom. The molecule has 0 bridgehead atoms. The van der Waals surface area contributed by atoms with Crippen molar-refractivity contribution in [1.29, 1.82) is 0 Å². The van der Waals surface area contributed by atoms with E-state index in [0.29, 0.717) is 25.8 Å². The Morgan fingerprint density at radius 3 is 2.13 bits per heavy atom. The number of carbonyl (C=O) groups excluding carboxylic acids is 5. The summed E-state index contributed by atoms with van der Waals surface area (Å²) in [6.45, 7) is 10.1. The van der Waals surface area contributed by atoms with Crippen LogP contribution in [-0.4, -0.2) is 124 Å². The van der Waals surface area contributed by atoms with E-state index >= 15 is 0 Å². The van der Waals surface area contributed by atoms with Crippen LogP contribution in [0.1, 0.15) is 65.9 Å². The molecule has 3 rings (SSSR count). The number of hydrogen-bond donors (Lipinski definition) is 4. The molecular formula is C38H61N5O9. The van der Waals surface area contributed by atoms with Gasteiger partial charge in [0.1, 0.15) is 23.2 Å². The van der Waals surface area contributed by atoms with E-state index in [1.165, 1.54) is 21.3 Å². The second-order valence-electron chi connectivity index (χ2n) is 14.8. The van der Waals surface area contributed by atoms with Crippen LogP contribution < -0.4 is 21.7 Å². The lowest BCUT2D eigenvalue weighted by Crippen LogP contribution is -2.69. The Balaban J connectivity index is 1.86. The lowest BCUT2D eigenvalue weighted by atomic mass is 9.76. The van der Waals surface area contributed by atoms with E-state index in [1.54, 1.807) is 18.9 Å². The molecule has 1 aromatic carbocycles. The zero-order valence-electron chi connectivity index (χ0n) is 32.4. The van der Waals surface area contributed by atoms with Gasteiger partial charge in [-0.15, -0.1) is 0 Å². The number of Topliss-reactive ketones (excluding diaryl/α,β-unsaturated/α-hetero) is 1. The van der Waals surface area contributed by atoms with Crippen LogP contribution in [0.2, 0.25) is 0 Å². The SMILES string of the molecule is CC[C@H](C)[C@@H]([C@@H](CC(=O)[C@@]1([C@H](OC)[C@@H](C)C(=O)N[C@@H](Cc2ccccc2)C(=O)OC)CCCN1)OC)N(C)C(=O)[C@@H](NC(=O)C1(N)COC1)C(C)C. The Morgan fingerprint density at radius 2 is 1.65 bits per heavy atom. The average Bonchev–Trinajstić information content (AvgIpc) is 3.62. The van der Waals surface area contributed by atoms with Gasteiger partial charge in [0, 0.05) is 34.1 Å². The maximum absolute atomic E-state index is 14.6. The van der Waals surface area contributed by atoms with E-state index in [2.05, 4.69) is 16.0 Å². The summed E-state index contributed by atoms with van der Waals surface area (Å²) in [5.74, 6) is -3.22. The number of ketones is 1. The van der Waals surface area contributed by atoms with Gasteiger partial charge in [0.05, 0.1) is 44.5 Å². The van der Waals surface area contributed by atoms with Crippen molar-refractivity contribution in [2.45, 2.75) is 108 Å². The Bertz CT molecular complexity index is 1370. The molecule has 2 fully saturated rings. The summed E-state index contributed by atoms with van der Waals surface area (Å²) < 4.78 is 22.1. The fourth-order valence-electron chi connectivity index (χ4n) is 7.43. The van der Waals surface area contributed by atoms with Crippen molar-refractivity contribution in [3.63, 3.8) is 0 Å². The summed E-state index contributed by atoms with van der Waals surface area (Å²) >= 11 is 0. The quantitative estimate of drug-likeness (QED) is 0.142. The summed E-state index contributed by atoms with van der Waals surface area (Å²) in [5.41, 5.74) is 4.60. The molecule has 14 nitrogen and oxygen atoms in total. The summed E-state index contributed by atoms with van der Waals surface area (Å²) in [7, 11) is 5.92. The highest BCUT2D eigenvalue weighted by Gasteiger charge is 2.53. The van der Waals surface area contributed by atoms with Gasteiger partial charge < -0.3 is 45.5 Å². The molecule has 2 aliphatic heterocycles. The van der Waals surface area contributed by atoms with E-state index in [9.17, 15) is 24.0 Å². The summed E-state index contributed by atoms with van der Waals surface area (Å²) in [5, 5.41) is 9.06. The highest BCUT2D eigenvalue weighted by molar-refractivity contribution is 5.94. The molecule has 52 heavy (non-hydrogen) atoms. The highest BCUT2D eigenvalue weighted by atomic mass is 16.5. The molecule has 0 aliphatic carbocycles. The van der Waals surface area contributed by atoms with Crippen molar-refractivity contribution in [3.8, 4) is 0 Å². The molecule has 1 aromatic rings. The monoisotopic (exact) mass is 731 g/mol. The fraction of sp³-hybridized carbons (Fsp3) is 0.711. The first-order valence-electron chi connectivity index (χ1n) is 18.3. The van der Waals surface area contributed by atoms with Crippen LogP contribution in [-0.2, 0) is 49.3 Å². The molecule has 8 atom stereocenters. The number of ether oxygens (including phenoxy) is 4. The number of carbonyl (C=O) groups is 5. The van der Waals surface area contributed by atoms with Gasteiger partial charge in [-0.05, 0) is 36.8 Å². The molecule has 14 heteroatoms. The zero-order chi connectivity index (χ0) is 38.8. The van der Waals surface area contributed by atoms with Gasteiger partial charge >= 0.3 is 5.97 Å². The molecule has 0 spiro atoms. The van der Waals surface area contributed by atoms with Crippen LogP contribution in [0.4, 0.5) is 0 Å². The van der Waals surface area contributed by atoms with Crippen LogP contribution in [0.15, 0.2) is 30.3 Å². The second-order valence-corrected chi connectivity index (χ2v) is 14.8. The Kier molecular flexibility index (Phi) is 15.8. The minimum Gasteiger partial charge on any atom is -0.467 e. The minimum atomic E-state index is -1.24. The number of nitrogens with zero attached hydrogens (tertiary/aromatic N) is 1. The molecule has 292 valence electrons. The number of nitrogens with one attached hydrogen (secondary N) is 3. The maximum atomic E-state index is 14.6. The number of rotatable bonds is 20. The number of esters is 1. The van der Waals surface area contributed by atoms with Gasteiger partial charge in [-0.25, -0.2) is 4.79 Å². The van der Waals surface area contributed by atoms with E-state index < -0.39 is 65.1 Å². The summed E-state index contributed by atoms with van der Waals surface area (Å²) in [6, 6.07) is 6.95. The molecule has 2 saturated heterocycles. The van der Waals surface area contributed by atoms with E-state index in [-0.39, 0.29) is 49.6 Å². The lowest BCUT2D eigenvalue weighted by molar-refractivity contribution is -0.151. The molecule has 3 amide bonds. The normalized spacial score (nSPS) is 22.1. The number of amides is 3. The first-order chi connectivity index (χ1) is 24.6. The zero-order valence-corrected chi connectivity index (χ0v) is 32.4. The van der Waals surface area contributed by atoms with Crippen molar-refractivity contribution in [3.05, 3.63) is 35.9 Å². The van der Waals surface area contributed by atoms with Crippen LogP contribution >= 0.6 is 0 Å². The van der Waals surface area contributed by atoms with Crippen molar-refractivity contribution < 1.29 is 42.9 Å². The van der Waals surface area contributed by atoms with E-state index in [4.69, 9.17) is 24.7 Å². The van der Waals surface area contributed by atoms with Gasteiger partial charge in [0.25, 0.3) is 0 Å². The predicted octanol–water partition coefficient (Wildman–Crippen LogP) is 1.38. The minimum absolute atomic E-state index is 0.0783. The number of hydrogen-bond acceptors (Lipinski definition) is 11. The third-order valence-electron chi connectivity index (χ3n) is 10.9. The van der Waals surface area contributed by atoms with Crippen molar-refractivity contribution >= 4 is 29.5 Å². The standard InChI is InChI=1S/C38H61N5O9/c1-10-24(4)31(43(6)34(46)30(23(2)3)42-36(48)37(39)21-52-22-37)28(49-7)20-29(44)38(17-14-18-40-38)32(50-8)25(5)33(45)41-27(35(47)51-9)19-26-15-12-11-13-16-26/h11-13,15-16,23-25,27-28,30-32,40H,10,14,17-22,39H2,1-9H3,(H,41,45)(H,42,48)/t24-,25+,27-,28+,30-,31-,32+,38+/m0/s1. The summed E-state index contributed by atoms with van der Waals surface area (Å²) in [6.07, 6.45) is 0.306. The lowest BCUT2D eigenvalue weighted by Gasteiger charge is -2.43. The molecule has 5 N–H and O–H groups in total. The number of likely N-dealkylation sites (N-methyl/N-ethyl adjacent to an activating group) is 1. The third kappa shape index (κ3) is 9.75. The van der Waals surface area contributed by atoms with Crippen molar-refractivity contribution in [2.24, 2.45) is 23.5 Å². The van der Waals surface area contributed by atoms with Crippen LogP contribution in [0, 0.1) is 17.8 Å². The van der Waals surface area contributed by atoms with Gasteiger partial charge in [-0.2, -0.15) is 0 Å². The smallest absolute Gasteiger partial charge is 0.328 e. The van der Waals surface area contributed by atoms with Crippen LogP contribution in [0.5, 0.6) is 0 Å². The third-order valence-corrected chi connectivity index (χ3v) is 10.9. The van der Waals surface area contributed by atoms with Crippen molar-refractivity contribution in [2.75, 3.05) is 48.1 Å². The second kappa shape index (κ2) is 19.1. The Hall–Kier alpha value is -3.43. The van der Waals surface area contributed by atoms with E-state index in [0.717, 1.165) is 5.56 Å². The van der Waals surface area contributed by atoms with Gasteiger partial charge in [-0.3, -0.25) is 19.2 Å². The fourth-order valence-corrected chi connectivity index (χ4v) is 7.43. The predicted molar refractivity (Wildman–Crippen MR) is 195 cm³/mol. The van der Waals surface area contributed by atoms with Crippen LogP contribution in [0.25, 0.3) is 0 Å². The van der Waals surface area contributed by atoms with Gasteiger partial charge in [-0.1, -0.05) is 71.4 Å². The topological polar surface area (TPSA) is 188 Å². The number of benzene rings is 1. The van der Waals surface area contributed by atoms with Gasteiger partial charge in [0.15, 0.2) is 5.78 Å². The average molecular weight is 732 g/mol. The molecule has 0 radical (unpaired) electrons. The number of methoxy groups -OCH3 is 3. The first kappa shape index (κ1) is 43.0. The first-order valence-corrected chi connectivity index (χ1v) is 18.3. The molecule has 2 aliphatic rings. The molecule has 0 unspecified atom stereocenters. The molecular weight excluding hydrogens is 670 g/mol. The van der Waals surface area contributed by atoms with Gasteiger partial charge in [0.2, 0.25) is 17.7 Å². The van der Waals surface area contributed by atoms with E-state index in [1.807, 2.05) is 58.0 Å². The maximum Gasteiger partial charge on any atom is 0.328 e. The van der Waals surface area contributed by atoms with Crippen LogP contribution in [0.3, 0.4) is 0 Å².